The Morgan fingerprint density at radius 2 is 1.60 bits per heavy atom. The lowest BCUT2D eigenvalue weighted by atomic mass is 9.87. The Hall–Kier alpha value is -1.31. The number of hydrogen-bond donors (Lipinski definition) is 1. The van der Waals surface area contributed by atoms with Crippen LogP contribution in [0, 0.1) is 13.8 Å². The molecule has 2 atom stereocenters. The summed E-state index contributed by atoms with van der Waals surface area (Å²) in [6.45, 7) is 6.47. The van der Waals surface area contributed by atoms with Crippen LogP contribution in [-0.4, -0.2) is 7.05 Å². The molecule has 2 aromatic carbocycles. The molecule has 0 bridgehead atoms. The molecule has 0 radical (unpaired) electrons. The Kier molecular flexibility index (Phi) is 4.85. The highest BCUT2D eigenvalue weighted by atomic mass is 35.5. The second-order valence-corrected chi connectivity index (χ2v) is 5.83. The Balaban J connectivity index is 2.40. The van der Waals surface area contributed by atoms with Crippen molar-refractivity contribution in [3.63, 3.8) is 0 Å². The van der Waals surface area contributed by atoms with E-state index >= 15 is 0 Å². The summed E-state index contributed by atoms with van der Waals surface area (Å²) in [6.07, 6.45) is 0. The van der Waals surface area contributed by atoms with Gasteiger partial charge in [0.05, 0.1) is 0 Å². The van der Waals surface area contributed by atoms with Crippen LogP contribution in [0.5, 0.6) is 0 Å². The van der Waals surface area contributed by atoms with Crippen LogP contribution in [0.3, 0.4) is 0 Å². The van der Waals surface area contributed by atoms with Crippen molar-refractivity contribution in [3.8, 4) is 0 Å². The fourth-order valence-corrected chi connectivity index (χ4v) is 3.00. The predicted molar refractivity (Wildman–Crippen MR) is 87.6 cm³/mol. The SMILES string of the molecule is CNC(c1cc(C)c(C)cc1Cl)C(C)c1ccccc1. The molecule has 2 heteroatoms. The third-order valence-electron chi connectivity index (χ3n) is 4.08. The van der Waals surface area contributed by atoms with Crippen molar-refractivity contribution in [1.82, 2.24) is 5.32 Å². The molecule has 0 fully saturated rings. The number of rotatable bonds is 4. The largest absolute Gasteiger partial charge is 0.312 e. The van der Waals surface area contributed by atoms with E-state index in [0.29, 0.717) is 5.92 Å². The summed E-state index contributed by atoms with van der Waals surface area (Å²) >= 11 is 6.47. The van der Waals surface area contributed by atoms with Crippen LogP contribution in [0.15, 0.2) is 42.5 Å². The van der Waals surface area contributed by atoms with Crippen molar-refractivity contribution in [2.24, 2.45) is 0 Å². The number of likely N-dealkylation sites (N-methyl/N-ethyl adjacent to an activating group) is 1. The van der Waals surface area contributed by atoms with Gasteiger partial charge in [-0.2, -0.15) is 0 Å². The molecule has 0 aliphatic heterocycles. The molecule has 1 N–H and O–H groups in total. The van der Waals surface area contributed by atoms with E-state index < -0.39 is 0 Å². The van der Waals surface area contributed by atoms with Crippen molar-refractivity contribution in [3.05, 3.63) is 69.7 Å². The normalized spacial score (nSPS) is 14.1. The van der Waals surface area contributed by atoms with Crippen LogP contribution in [0.25, 0.3) is 0 Å². The van der Waals surface area contributed by atoms with Crippen LogP contribution in [-0.2, 0) is 0 Å². The zero-order valence-corrected chi connectivity index (χ0v) is 13.3. The molecule has 20 heavy (non-hydrogen) atoms. The van der Waals surface area contributed by atoms with Gasteiger partial charge in [0.15, 0.2) is 0 Å². The molecule has 2 rings (SSSR count). The van der Waals surface area contributed by atoms with Gasteiger partial charge in [0.1, 0.15) is 0 Å². The molecule has 0 spiro atoms. The van der Waals surface area contributed by atoms with E-state index in [0.717, 1.165) is 5.02 Å². The molecule has 1 nitrogen and oxygen atoms in total. The Morgan fingerprint density at radius 1 is 1.00 bits per heavy atom. The summed E-state index contributed by atoms with van der Waals surface area (Å²) in [4.78, 5) is 0. The number of benzene rings is 2. The van der Waals surface area contributed by atoms with Crippen molar-refractivity contribution < 1.29 is 0 Å². The maximum atomic E-state index is 6.47. The molecule has 106 valence electrons. The maximum absolute atomic E-state index is 6.47. The predicted octanol–water partition coefficient (Wildman–Crippen LogP) is 5.02. The van der Waals surface area contributed by atoms with Gasteiger partial charge in [0, 0.05) is 17.0 Å². The van der Waals surface area contributed by atoms with Gasteiger partial charge < -0.3 is 5.32 Å². The quantitative estimate of drug-likeness (QED) is 0.832. The Morgan fingerprint density at radius 3 is 2.20 bits per heavy atom. The lowest BCUT2D eigenvalue weighted by molar-refractivity contribution is 0.508. The van der Waals surface area contributed by atoms with Gasteiger partial charge in [-0.15, -0.1) is 0 Å². The van der Waals surface area contributed by atoms with Gasteiger partial charge in [0.25, 0.3) is 0 Å². The molecule has 2 aromatic rings. The smallest absolute Gasteiger partial charge is 0.0456 e. The fourth-order valence-electron chi connectivity index (χ4n) is 2.67. The van der Waals surface area contributed by atoms with Crippen LogP contribution < -0.4 is 5.32 Å². The number of nitrogens with one attached hydrogen (secondary N) is 1. The minimum atomic E-state index is 0.212. The summed E-state index contributed by atoms with van der Waals surface area (Å²) in [7, 11) is 2.00. The molecular weight excluding hydrogens is 266 g/mol. The first kappa shape index (κ1) is 15.1. The highest BCUT2D eigenvalue weighted by molar-refractivity contribution is 6.31. The molecule has 0 amide bonds. The monoisotopic (exact) mass is 287 g/mol. The highest BCUT2D eigenvalue weighted by Gasteiger charge is 2.21. The van der Waals surface area contributed by atoms with Gasteiger partial charge in [-0.05, 0) is 49.2 Å². The minimum absolute atomic E-state index is 0.212. The molecule has 0 heterocycles. The topological polar surface area (TPSA) is 12.0 Å². The van der Waals surface area contributed by atoms with Crippen molar-refractivity contribution in [2.75, 3.05) is 7.05 Å². The molecule has 0 aromatic heterocycles. The van der Waals surface area contributed by atoms with Gasteiger partial charge in [-0.1, -0.05) is 54.9 Å². The van der Waals surface area contributed by atoms with E-state index in [9.17, 15) is 0 Å². The summed E-state index contributed by atoms with van der Waals surface area (Å²) in [5.41, 5.74) is 5.01. The molecule has 0 saturated carbocycles. The van der Waals surface area contributed by atoms with E-state index in [2.05, 4.69) is 62.5 Å². The van der Waals surface area contributed by atoms with E-state index in [4.69, 9.17) is 11.6 Å². The second-order valence-electron chi connectivity index (χ2n) is 5.42. The van der Waals surface area contributed by atoms with Gasteiger partial charge in [-0.3, -0.25) is 0 Å². The van der Waals surface area contributed by atoms with E-state index in [1.807, 2.05) is 13.1 Å². The lowest BCUT2D eigenvalue weighted by Gasteiger charge is -2.26. The third kappa shape index (κ3) is 3.05. The van der Waals surface area contributed by atoms with Crippen LogP contribution >= 0.6 is 11.6 Å². The first-order chi connectivity index (χ1) is 9.54. The van der Waals surface area contributed by atoms with Crippen molar-refractivity contribution in [2.45, 2.75) is 32.7 Å². The third-order valence-corrected chi connectivity index (χ3v) is 4.41. The molecule has 0 aliphatic rings. The van der Waals surface area contributed by atoms with Crippen LogP contribution in [0.4, 0.5) is 0 Å². The number of hydrogen-bond acceptors (Lipinski definition) is 1. The summed E-state index contributed by atoms with van der Waals surface area (Å²) in [5.74, 6) is 0.362. The molecular formula is C18H22ClN. The Labute approximate surface area is 127 Å². The number of aryl methyl sites for hydroxylation is 2. The van der Waals surface area contributed by atoms with E-state index in [1.54, 1.807) is 0 Å². The molecule has 2 unspecified atom stereocenters. The zero-order chi connectivity index (χ0) is 14.7. The van der Waals surface area contributed by atoms with Gasteiger partial charge in [-0.25, -0.2) is 0 Å². The average molecular weight is 288 g/mol. The average Bonchev–Trinajstić information content (AvgIpc) is 2.46. The second kappa shape index (κ2) is 6.43. The first-order valence-electron chi connectivity index (χ1n) is 7.03. The van der Waals surface area contributed by atoms with Crippen molar-refractivity contribution in [1.29, 1.82) is 0 Å². The van der Waals surface area contributed by atoms with Crippen LogP contribution in [0.1, 0.15) is 41.1 Å². The van der Waals surface area contributed by atoms with Crippen molar-refractivity contribution >= 4 is 11.6 Å². The zero-order valence-electron chi connectivity index (χ0n) is 12.6. The number of halogens is 1. The maximum Gasteiger partial charge on any atom is 0.0456 e. The summed E-state index contributed by atoms with van der Waals surface area (Å²) in [6, 6.07) is 15.0. The Bertz CT molecular complexity index is 577. The van der Waals surface area contributed by atoms with E-state index in [-0.39, 0.29) is 6.04 Å². The van der Waals surface area contributed by atoms with Crippen LogP contribution in [0.2, 0.25) is 5.02 Å². The minimum Gasteiger partial charge on any atom is -0.312 e. The standard InChI is InChI=1S/C18H22ClN/c1-12-10-16(17(19)11-13(12)2)18(20-4)14(3)15-8-6-5-7-9-15/h5-11,14,18,20H,1-4H3. The van der Waals surface area contributed by atoms with Gasteiger partial charge in [0.2, 0.25) is 0 Å². The van der Waals surface area contributed by atoms with Gasteiger partial charge >= 0.3 is 0 Å². The molecule has 0 saturated heterocycles. The first-order valence-corrected chi connectivity index (χ1v) is 7.41. The highest BCUT2D eigenvalue weighted by Crippen LogP contribution is 2.35. The molecule has 0 aliphatic carbocycles. The summed E-state index contributed by atoms with van der Waals surface area (Å²) < 4.78 is 0. The summed E-state index contributed by atoms with van der Waals surface area (Å²) in [5, 5.41) is 4.26. The lowest BCUT2D eigenvalue weighted by Crippen LogP contribution is -2.22. The van der Waals surface area contributed by atoms with E-state index in [1.165, 1.54) is 22.3 Å². The fraction of sp³-hybridized carbons (Fsp3) is 0.333.